The van der Waals surface area contributed by atoms with Gasteiger partial charge < -0.3 is 4.74 Å². The van der Waals surface area contributed by atoms with Crippen LogP contribution in [0.4, 0.5) is 0 Å². The minimum Gasteiger partial charge on any atom is -0.487 e. The average molecular weight is 475 g/mol. The van der Waals surface area contributed by atoms with Crippen LogP contribution in [-0.4, -0.2) is 31.8 Å². The highest BCUT2D eigenvalue weighted by atomic mass is 35.5. The van der Waals surface area contributed by atoms with E-state index in [0.29, 0.717) is 27.6 Å². The number of sulfonamides is 1. The summed E-state index contributed by atoms with van der Waals surface area (Å²) in [5.41, 5.74) is 2.51. The lowest BCUT2D eigenvalue weighted by Gasteiger charge is -2.11. The molecular weight excluding hydrogens is 456 g/mol. The van der Waals surface area contributed by atoms with Crippen molar-refractivity contribution in [3.05, 3.63) is 75.2 Å². The van der Waals surface area contributed by atoms with Gasteiger partial charge in [-0.1, -0.05) is 17.7 Å². The Kier molecular flexibility index (Phi) is 6.24. The molecule has 0 bridgehead atoms. The third-order valence-electron chi connectivity index (χ3n) is 4.73. The van der Waals surface area contributed by atoms with E-state index in [2.05, 4.69) is 9.71 Å². The van der Waals surface area contributed by atoms with Gasteiger partial charge in [-0.25, -0.2) is 13.1 Å². The lowest BCUT2D eigenvalue weighted by atomic mass is 10.1. The van der Waals surface area contributed by atoms with Crippen molar-refractivity contribution in [1.82, 2.24) is 9.71 Å². The van der Waals surface area contributed by atoms with Crippen molar-refractivity contribution in [3.63, 3.8) is 0 Å². The molecule has 1 aliphatic rings. The number of halogens is 1. The first-order valence-electron chi connectivity index (χ1n) is 9.49. The van der Waals surface area contributed by atoms with Crippen LogP contribution in [0.2, 0.25) is 5.02 Å². The summed E-state index contributed by atoms with van der Waals surface area (Å²) in [7, 11) is -3.62. The number of ketones is 1. The first-order valence-corrected chi connectivity index (χ1v) is 12.2. The van der Waals surface area contributed by atoms with E-state index < -0.39 is 10.0 Å². The number of rotatable bonds is 7. The number of Topliss-reactive ketones (excluding diaryl/α,β-unsaturated/α-hetero) is 1. The van der Waals surface area contributed by atoms with Crippen molar-refractivity contribution in [3.8, 4) is 16.2 Å². The molecule has 0 radical (unpaired) electrons. The molecule has 0 aliphatic carbocycles. The normalized spacial score (nSPS) is 15.7. The summed E-state index contributed by atoms with van der Waals surface area (Å²) in [6.07, 6.45) is 4.86. The van der Waals surface area contributed by atoms with Crippen LogP contribution in [0, 0.1) is 0 Å². The molecule has 9 heteroatoms. The quantitative estimate of drug-likeness (QED) is 0.507. The molecule has 1 N–H and O–H groups in total. The maximum Gasteiger partial charge on any atom is 0.233 e. The van der Waals surface area contributed by atoms with Gasteiger partial charge in [0.1, 0.15) is 11.9 Å². The molecule has 0 saturated heterocycles. The maximum absolute atomic E-state index is 12.3. The number of hydrogen-bond acceptors (Lipinski definition) is 6. The zero-order valence-corrected chi connectivity index (χ0v) is 18.9. The summed E-state index contributed by atoms with van der Waals surface area (Å²) in [6, 6.07) is 11.0. The molecule has 3 heterocycles. The van der Waals surface area contributed by atoms with Crippen LogP contribution in [-0.2, 0) is 16.4 Å². The topological polar surface area (TPSA) is 85.4 Å². The van der Waals surface area contributed by atoms with Gasteiger partial charge in [-0.3, -0.25) is 9.78 Å². The third kappa shape index (κ3) is 5.22. The number of ether oxygens (including phenoxy) is 1. The Morgan fingerprint density at radius 1 is 1.35 bits per heavy atom. The molecule has 31 heavy (non-hydrogen) atoms. The van der Waals surface area contributed by atoms with Crippen molar-refractivity contribution in [2.24, 2.45) is 0 Å². The largest absolute Gasteiger partial charge is 0.487 e. The second-order valence-corrected chi connectivity index (χ2v) is 10.2. The van der Waals surface area contributed by atoms with Crippen LogP contribution in [0.1, 0.15) is 27.7 Å². The highest BCUT2D eigenvalue weighted by Gasteiger charge is 2.27. The van der Waals surface area contributed by atoms with Gasteiger partial charge in [0.2, 0.25) is 10.0 Å². The molecule has 1 unspecified atom stereocenters. The van der Waals surface area contributed by atoms with Crippen LogP contribution in [0.5, 0.6) is 5.75 Å². The number of carbonyl (C=O) groups is 1. The summed E-state index contributed by atoms with van der Waals surface area (Å²) >= 11 is 7.84. The highest BCUT2D eigenvalue weighted by Crippen LogP contribution is 2.41. The summed E-state index contributed by atoms with van der Waals surface area (Å²) < 4.78 is 33.0. The average Bonchev–Trinajstić information content (AvgIpc) is 3.39. The number of benzene rings is 1. The van der Waals surface area contributed by atoms with Crippen LogP contribution in [0.15, 0.2) is 54.2 Å². The van der Waals surface area contributed by atoms with Crippen molar-refractivity contribution in [2.75, 3.05) is 6.54 Å². The first-order chi connectivity index (χ1) is 14.8. The molecule has 3 aromatic rings. The lowest BCUT2D eigenvalue weighted by molar-refractivity contribution is 0.102. The van der Waals surface area contributed by atoms with E-state index in [1.807, 2.05) is 12.1 Å². The number of aromatic nitrogens is 1. The summed E-state index contributed by atoms with van der Waals surface area (Å²) in [5.74, 6) is 0.598. The molecule has 160 valence electrons. The standard InChI is InChI=1S/C22H19ClN2O4S2/c1-14(26)20-4-5-21(30-20)16-9-17-10-18(29-22(17)19(23)11-16)13-25-31(27,28)8-6-15-3-2-7-24-12-15/h2-9,11-12,18,25H,10,13H2,1H3. The minimum absolute atomic E-state index is 0.0248. The summed E-state index contributed by atoms with van der Waals surface area (Å²) in [6.45, 7) is 1.66. The van der Waals surface area contributed by atoms with E-state index in [4.69, 9.17) is 16.3 Å². The summed E-state index contributed by atoms with van der Waals surface area (Å²) in [5, 5.41) is 1.58. The SMILES string of the molecule is CC(=O)c1ccc(-c2cc(Cl)c3c(c2)CC(CNS(=O)(=O)C=Cc2cccnc2)O3)s1. The Labute approximate surface area is 189 Å². The molecule has 1 aromatic carbocycles. The Bertz CT molecular complexity index is 1250. The number of nitrogens with zero attached hydrogens (tertiary/aromatic N) is 1. The predicted molar refractivity (Wildman–Crippen MR) is 123 cm³/mol. The van der Waals surface area contributed by atoms with Crippen LogP contribution in [0.3, 0.4) is 0 Å². The number of pyridine rings is 1. The number of carbonyl (C=O) groups excluding carboxylic acids is 1. The lowest BCUT2D eigenvalue weighted by Crippen LogP contribution is -2.33. The van der Waals surface area contributed by atoms with Gasteiger partial charge in [-0.05, 0) is 54.5 Å². The molecule has 2 aromatic heterocycles. The molecule has 1 aliphatic heterocycles. The van der Waals surface area contributed by atoms with Gasteiger partial charge in [0.15, 0.2) is 5.78 Å². The second kappa shape index (κ2) is 8.92. The van der Waals surface area contributed by atoms with Crippen LogP contribution < -0.4 is 9.46 Å². The second-order valence-electron chi connectivity index (χ2n) is 7.09. The van der Waals surface area contributed by atoms with Crippen molar-refractivity contribution < 1.29 is 17.9 Å². The fraction of sp³-hybridized carbons (Fsp3) is 0.182. The molecule has 0 saturated carbocycles. The van der Waals surface area contributed by atoms with E-state index in [1.54, 1.807) is 36.7 Å². The molecule has 0 spiro atoms. The number of fused-ring (bicyclic) bond motifs is 1. The zero-order valence-electron chi connectivity index (χ0n) is 16.5. The Hall–Kier alpha value is -2.52. The van der Waals surface area contributed by atoms with Gasteiger partial charge in [0.05, 0.1) is 9.90 Å². The molecule has 1 atom stereocenters. The van der Waals surface area contributed by atoms with Crippen LogP contribution >= 0.6 is 22.9 Å². The van der Waals surface area contributed by atoms with E-state index in [1.165, 1.54) is 24.3 Å². The Morgan fingerprint density at radius 2 is 2.19 bits per heavy atom. The van der Waals surface area contributed by atoms with Crippen molar-refractivity contribution in [2.45, 2.75) is 19.4 Å². The van der Waals surface area contributed by atoms with Crippen molar-refractivity contribution >= 4 is 44.8 Å². The first kappa shape index (κ1) is 21.7. The smallest absolute Gasteiger partial charge is 0.233 e. The zero-order chi connectivity index (χ0) is 22.0. The minimum atomic E-state index is -3.62. The molecule has 4 rings (SSSR count). The maximum atomic E-state index is 12.3. The molecular formula is C22H19ClN2O4S2. The third-order valence-corrected chi connectivity index (χ3v) is 7.31. The van der Waals surface area contributed by atoms with Gasteiger partial charge in [-0.15, -0.1) is 11.3 Å². The Balaban J connectivity index is 1.43. The predicted octanol–water partition coefficient (Wildman–Crippen LogP) is 4.56. The van der Waals surface area contributed by atoms with Gasteiger partial charge in [0.25, 0.3) is 0 Å². The summed E-state index contributed by atoms with van der Waals surface area (Å²) in [4.78, 5) is 17.2. The monoisotopic (exact) mass is 474 g/mol. The van der Waals surface area contributed by atoms with E-state index in [9.17, 15) is 13.2 Å². The molecule has 6 nitrogen and oxygen atoms in total. The fourth-order valence-corrected chi connectivity index (χ4v) is 5.25. The number of thiophene rings is 1. The fourth-order valence-electron chi connectivity index (χ4n) is 3.23. The van der Waals surface area contributed by atoms with Gasteiger partial charge in [0, 0.05) is 41.2 Å². The molecule has 0 amide bonds. The highest BCUT2D eigenvalue weighted by molar-refractivity contribution is 7.92. The van der Waals surface area contributed by atoms with E-state index in [0.717, 1.165) is 21.4 Å². The van der Waals surface area contributed by atoms with Gasteiger partial charge >= 0.3 is 0 Å². The van der Waals surface area contributed by atoms with Crippen molar-refractivity contribution in [1.29, 1.82) is 0 Å². The number of nitrogens with one attached hydrogen (secondary N) is 1. The van der Waals surface area contributed by atoms with E-state index >= 15 is 0 Å². The van der Waals surface area contributed by atoms with Crippen LogP contribution in [0.25, 0.3) is 16.5 Å². The van der Waals surface area contributed by atoms with Gasteiger partial charge in [-0.2, -0.15) is 0 Å². The number of hydrogen-bond donors (Lipinski definition) is 1. The van der Waals surface area contributed by atoms with E-state index in [-0.39, 0.29) is 18.4 Å². The Morgan fingerprint density at radius 3 is 2.90 bits per heavy atom. The molecule has 0 fully saturated rings.